The van der Waals surface area contributed by atoms with E-state index in [1.165, 1.54) is 23.9 Å². The van der Waals surface area contributed by atoms with Crippen molar-refractivity contribution in [3.63, 3.8) is 0 Å². The van der Waals surface area contributed by atoms with Crippen molar-refractivity contribution in [3.8, 4) is 0 Å². The van der Waals surface area contributed by atoms with E-state index in [1.54, 1.807) is 12.1 Å². The summed E-state index contributed by atoms with van der Waals surface area (Å²) in [5, 5.41) is 2.59. The van der Waals surface area contributed by atoms with Gasteiger partial charge in [-0.1, -0.05) is 18.2 Å². The molecule has 2 nitrogen and oxygen atoms in total. The quantitative estimate of drug-likeness (QED) is 0.856. The van der Waals surface area contributed by atoms with E-state index < -0.39 is 0 Å². The van der Waals surface area contributed by atoms with E-state index in [1.807, 2.05) is 37.3 Å². The molecule has 0 aliphatic heterocycles. The van der Waals surface area contributed by atoms with Crippen molar-refractivity contribution in [3.05, 3.63) is 60.4 Å². The first-order chi connectivity index (χ1) is 9.15. The van der Waals surface area contributed by atoms with E-state index in [4.69, 9.17) is 0 Å². The molecule has 1 amide bonds. The molecule has 0 saturated heterocycles. The van der Waals surface area contributed by atoms with Gasteiger partial charge in [0.25, 0.3) is 0 Å². The van der Waals surface area contributed by atoms with Crippen molar-refractivity contribution < 1.29 is 9.18 Å². The third-order valence-electron chi connectivity index (χ3n) is 2.54. The molecule has 2 aromatic carbocycles. The highest BCUT2D eigenvalue weighted by Crippen LogP contribution is 2.24. The number of nitrogens with one attached hydrogen (secondary N) is 1. The molecule has 0 heterocycles. The van der Waals surface area contributed by atoms with Gasteiger partial charge in [0.2, 0.25) is 5.91 Å². The van der Waals surface area contributed by atoms with Crippen molar-refractivity contribution in [2.45, 2.75) is 17.1 Å². The van der Waals surface area contributed by atoms with Crippen LogP contribution in [0.4, 0.5) is 10.1 Å². The van der Waals surface area contributed by atoms with Crippen LogP contribution in [0.1, 0.15) is 6.92 Å². The van der Waals surface area contributed by atoms with Crippen molar-refractivity contribution in [2.75, 3.05) is 5.32 Å². The summed E-state index contributed by atoms with van der Waals surface area (Å²) in [4.78, 5) is 12.9. The molecule has 0 bridgehead atoms. The Morgan fingerprint density at radius 3 is 2.37 bits per heavy atom. The molecule has 4 heteroatoms. The van der Waals surface area contributed by atoms with Crippen molar-refractivity contribution in [1.82, 2.24) is 0 Å². The van der Waals surface area contributed by atoms with Gasteiger partial charge in [-0.05, 0) is 43.3 Å². The van der Waals surface area contributed by atoms with Gasteiger partial charge in [0.15, 0.2) is 0 Å². The number of thioether (sulfide) groups is 1. The van der Waals surface area contributed by atoms with Crippen molar-refractivity contribution in [2.24, 2.45) is 0 Å². The van der Waals surface area contributed by atoms with Gasteiger partial charge in [-0.15, -0.1) is 11.8 Å². The summed E-state index contributed by atoms with van der Waals surface area (Å²) in [5.74, 6) is -0.341. The second kappa shape index (κ2) is 6.38. The third-order valence-corrected chi connectivity index (χ3v) is 3.65. The molecule has 0 aromatic heterocycles. The summed E-state index contributed by atoms with van der Waals surface area (Å²) in [7, 11) is 0. The van der Waals surface area contributed by atoms with Crippen LogP contribution < -0.4 is 5.32 Å². The lowest BCUT2D eigenvalue weighted by atomic mass is 10.3. The van der Waals surface area contributed by atoms with E-state index >= 15 is 0 Å². The van der Waals surface area contributed by atoms with Gasteiger partial charge in [-0.2, -0.15) is 0 Å². The van der Waals surface area contributed by atoms with E-state index in [0.29, 0.717) is 0 Å². The van der Waals surface area contributed by atoms with Crippen LogP contribution in [0.25, 0.3) is 0 Å². The Labute approximate surface area is 116 Å². The van der Waals surface area contributed by atoms with Crippen molar-refractivity contribution in [1.29, 1.82) is 0 Å². The molecule has 2 aromatic rings. The second-order valence-electron chi connectivity index (χ2n) is 4.07. The van der Waals surface area contributed by atoms with Crippen LogP contribution in [0.3, 0.4) is 0 Å². The van der Waals surface area contributed by atoms with Gasteiger partial charge in [0.1, 0.15) is 5.82 Å². The molecule has 1 atom stereocenters. The number of halogens is 1. The molecular formula is C15H14FNOS. The molecule has 2 rings (SSSR count). The highest BCUT2D eigenvalue weighted by molar-refractivity contribution is 8.00. The third kappa shape index (κ3) is 4.10. The van der Waals surface area contributed by atoms with E-state index in [2.05, 4.69) is 5.32 Å². The fraction of sp³-hybridized carbons (Fsp3) is 0.133. The molecule has 0 unspecified atom stereocenters. The fourth-order valence-electron chi connectivity index (χ4n) is 1.54. The summed E-state index contributed by atoms with van der Waals surface area (Å²) in [6.07, 6.45) is 0. The first-order valence-corrected chi connectivity index (χ1v) is 6.81. The Bertz CT molecular complexity index is 542. The van der Waals surface area contributed by atoms with Crippen LogP contribution >= 0.6 is 11.8 Å². The van der Waals surface area contributed by atoms with Crippen LogP contribution in [-0.2, 0) is 4.79 Å². The summed E-state index contributed by atoms with van der Waals surface area (Å²) >= 11 is 1.40. The largest absolute Gasteiger partial charge is 0.325 e. The summed E-state index contributed by atoms with van der Waals surface area (Å²) in [5.41, 5.74) is 0.777. The zero-order valence-corrected chi connectivity index (χ0v) is 11.3. The Balaban J connectivity index is 1.94. The first kappa shape index (κ1) is 13.6. The molecule has 0 aliphatic rings. The molecular weight excluding hydrogens is 261 g/mol. The van der Waals surface area contributed by atoms with Gasteiger partial charge in [0, 0.05) is 10.6 Å². The van der Waals surface area contributed by atoms with Gasteiger partial charge in [-0.25, -0.2) is 4.39 Å². The highest BCUT2D eigenvalue weighted by Gasteiger charge is 2.14. The minimum Gasteiger partial charge on any atom is -0.325 e. The molecule has 19 heavy (non-hydrogen) atoms. The Kier molecular flexibility index (Phi) is 4.58. The SMILES string of the molecule is C[C@H](Sc1ccc(F)cc1)C(=O)Nc1ccccc1. The maximum Gasteiger partial charge on any atom is 0.237 e. The van der Waals surface area contributed by atoms with Crippen molar-refractivity contribution >= 4 is 23.4 Å². The number of hydrogen-bond acceptors (Lipinski definition) is 2. The lowest BCUT2D eigenvalue weighted by molar-refractivity contribution is -0.115. The molecule has 1 N–H and O–H groups in total. The van der Waals surface area contributed by atoms with Crippen LogP contribution in [-0.4, -0.2) is 11.2 Å². The smallest absolute Gasteiger partial charge is 0.237 e. The minimum absolute atomic E-state index is 0.0690. The van der Waals surface area contributed by atoms with E-state index in [0.717, 1.165) is 10.6 Å². The number of hydrogen-bond donors (Lipinski definition) is 1. The maximum atomic E-state index is 12.8. The monoisotopic (exact) mass is 275 g/mol. The summed E-state index contributed by atoms with van der Waals surface area (Å²) in [6.45, 7) is 1.83. The molecule has 0 spiro atoms. The normalized spacial score (nSPS) is 11.9. The zero-order chi connectivity index (χ0) is 13.7. The Morgan fingerprint density at radius 1 is 1.11 bits per heavy atom. The van der Waals surface area contributed by atoms with E-state index in [9.17, 15) is 9.18 Å². The predicted molar refractivity (Wildman–Crippen MR) is 76.8 cm³/mol. The van der Waals surface area contributed by atoms with E-state index in [-0.39, 0.29) is 17.0 Å². The number of carbonyl (C=O) groups excluding carboxylic acids is 1. The number of benzene rings is 2. The van der Waals surface area contributed by atoms with Gasteiger partial charge >= 0.3 is 0 Å². The molecule has 98 valence electrons. The lowest BCUT2D eigenvalue weighted by Gasteiger charge is -2.11. The number of para-hydroxylation sites is 1. The van der Waals surface area contributed by atoms with Crippen LogP contribution in [0, 0.1) is 5.82 Å². The Morgan fingerprint density at radius 2 is 1.74 bits per heavy atom. The number of rotatable bonds is 4. The van der Waals surface area contributed by atoms with Crippen LogP contribution in [0.5, 0.6) is 0 Å². The number of anilines is 1. The molecule has 0 aliphatic carbocycles. The Hall–Kier alpha value is -1.81. The van der Waals surface area contributed by atoms with Gasteiger partial charge in [0.05, 0.1) is 5.25 Å². The average Bonchev–Trinajstić information content (AvgIpc) is 2.42. The molecule has 0 fully saturated rings. The summed E-state index contributed by atoms with van der Waals surface area (Å²) in [6, 6.07) is 15.4. The highest BCUT2D eigenvalue weighted by atomic mass is 32.2. The van der Waals surface area contributed by atoms with Gasteiger partial charge in [-0.3, -0.25) is 4.79 Å². The number of carbonyl (C=O) groups is 1. The minimum atomic E-state index is -0.272. The summed E-state index contributed by atoms with van der Waals surface area (Å²) < 4.78 is 12.8. The molecule has 0 saturated carbocycles. The van der Waals surface area contributed by atoms with Crippen LogP contribution in [0.2, 0.25) is 0 Å². The lowest BCUT2D eigenvalue weighted by Crippen LogP contribution is -2.22. The van der Waals surface area contributed by atoms with Gasteiger partial charge < -0.3 is 5.32 Å². The topological polar surface area (TPSA) is 29.1 Å². The van der Waals surface area contributed by atoms with Crippen LogP contribution in [0.15, 0.2) is 59.5 Å². The zero-order valence-electron chi connectivity index (χ0n) is 10.5. The molecule has 0 radical (unpaired) electrons. The fourth-order valence-corrected chi connectivity index (χ4v) is 2.40. The first-order valence-electron chi connectivity index (χ1n) is 5.93. The average molecular weight is 275 g/mol. The standard InChI is InChI=1S/C15H14FNOS/c1-11(19-14-9-7-12(16)8-10-14)15(18)17-13-5-3-2-4-6-13/h2-11H,1H3,(H,17,18)/t11-/m0/s1. The second-order valence-corrected chi connectivity index (χ2v) is 5.48. The maximum absolute atomic E-state index is 12.8. The predicted octanol–water partition coefficient (Wildman–Crippen LogP) is 3.95. The number of amides is 1.